The maximum Gasteiger partial charge on any atom is 0.408 e. The van der Waals surface area contributed by atoms with Crippen molar-refractivity contribution in [3.63, 3.8) is 0 Å². The predicted octanol–water partition coefficient (Wildman–Crippen LogP) is 2.14. The summed E-state index contributed by atoms with van der Waals surface area (Å²) in [5.41, 5.74) is 1.46. The number of amides is 2. The van der Waals surface area contributed by atoms with Crippen LogP contribution in [0.4, 0.5) is 13.2 Å². The lowest BCUT2D eigenvalue weighted by atomic mass is 9.91. The van der Waals surface area contributed by atoms with Crippen LogP contribution in [0.3, 0.4) is 0 Å². The van der Waals surface area contributed by atoms with Crippen molar-refractivity contribution in [1.29, 1.82) is 0 Å². The van der Waals surface area contributed by atoms with Crippen LogP contribution in [0.2, 0.25) is 0 Å². The van der Waals surface area contributed by atoms with Crippen LogP contribution in [0.25, 0.3) is 0 Å². The Balaban J connectivity index is 1.77. The molecule has 0 radical (unpaired) electrons. The summed E-state index contributed by atoms with van der Waals surface area (Å²) in [4.78, 5) is 32.6. The van der Waals surface area contributed by atoms with Crippen LogP contribution in [-0.4, -0.2) is 34.0 Å². The molecule has 6 nitrogen and oxygen atoms in total. The number of carbonyl (C=O) groups excluding carboxylic acids is 2. The monoisotopic (exact) mass is 378 g/mol. The number of alkyl halides is 3. The number of hydrogen-bond acceptors (Lipinski definition) is 4. The van der Waals surface area contributed by atoms with Crippen molar-refractivity contribution >= 4 is 11.8 Å². The van der Waals surface area contributed by atoms with Gasteiger partial charge >= 0.3 is 6.18 Å². The van der Waals surface area contributed by atoms with E-state index in [-0.39, 0.29) is 12.8 Å². The second-order valence-electron chi connectivity index (χ2n) is 6.24. The normalized spacial score (nSPS) is 20.2. The minimum atomic E-state index is -4.52. The number of rotatable bonds is 4. The van der Waals surface area contributed by atoms with E-state index in [0.717, 1.165) is 11.1 Å². The average Bonchev–Trinajstić information content (AvgIpc) is 2.66. The van der Waals surface area contributed by atoms with Crippen LogP contribution in [0.15, 0.2) is 49.1 Å². The van der Waals surface area contributed by atoms with E-state index in [1.807, 2.05) is 5.32 Å². The van der Waals surface area contributed by atoms with Crippen molar-refractivity contribution in [3.8, 4) is 0 Å². The Labute approximate surface area is 153 Å². The molecule has 2 aromatic rings. The first-order chi connectivity index (χ1) is 12.9. The summed E-state index contributed by atoms with van der Waals surface area (Å²) in [6.45, 7) is 0. The molecule has 1 fully saturated rings. The number of pyridine rings is 2. The zero-order chi connectivity index (χ0) is 19.4. The van der Waals surface area contributed by atoms with Gasteiger partial charge in [0.1, 0.15) is 12.0 Å². The minimum Gasteiger partial charge on any atom is -0.344 e. The maximum absolute atomic E-state index is 12.8. The van der Waals surface area contributed by atoms with E-state index in [0.29, 0.717) is 0 Å². The molecule has 3 rings (SSSR count). The lowest BCUT2D eigenvalue weighted by Gasteiger charge is -2.31. The topological polar surface area (TPSA) is 84.0 Å². The second kappa shape index (κ2) is 7.73. The SMILES string of the molecule is O=C(NC(c1ccncc1)c1ccncc1)C1CCC(C(F)(F)F)NC1=O. The summed E-state index contributed by atoms with van der Waals surface area (Å²) >= 11 is 0. The van der Waals surface area contributed by atoms with E-state index in [4.69, 9.17) is 0 Å². The van der Waals surface area contributed by atoms with Gasteiger partial charge in [-0.3, -0.25) is 19.6 Å². The van der Waals surface area contributed by atoms with Gasteiger partial charge in [-0.05, 0) is 48.2 Å². The third-order valence-corrected chi connectivity index (χ3v) is 4.45. The molecule has 3 heterocycles. The van der Waals surface area contributed by atoms with Crippen LogP contribution in [0, 0.1) is 5.92 Å². The molecule has 1 aliphatic heterocycles. The summed E-state index contributed by atoms with van der Waals surface area (Å²) in [5, 5.41) is 4.66. The summed E-state index contributed by atoms with van der Waals surface area (Å²) < 4.78 is 38.3. The summed E-state index contributed by atoms with van der Waals surface area (Å²) in [5.74, 6) is -2.70. The fraction of sp³-hybridized carbons (Fsp3) is 0.333. The van der Waals surface area contributed by atoms with E-state index in [9.17, 15) is 22.8 Å². The fourth-order valence-corrected chi connectivity index (χ4v) is 3.02. The number of nitrogens with zero attached hydrogens (tertiary/aromatic N) is 2. The fourth-order valence-electron chi connectivity index (χ4n) is 3.02. The van der Waals surface area contributed by atoms with E-state index >= 15 is 0 Å². The van der Waals surface area contributed by atoms with Gasteiger partial charge in [-0.2, -0.15) is 13.2 Å². The van der Waals surface area contributed by atoms with Gasteiger partial charge in [-0.15, -0.1) is 0 Å². The van der Waals surface area contributed by atoms with Gasteiger partial charge in [-0.1, -0.05) is 0 Å². The molecule has 2 amide bonds. The zero-order valence-corrected chi connectivity index (χ0v) is 14.1. The van der Waals surface area contributed by atoms with Crippen molar-refractivity contribution in [1.82, 2.24) is 20.6 Å². The van der Waals surface area contributed by atoms with Gasteiger partial charge in [0.15, 0.2) is 0 Å². The highest BCUT2D eigenvalue weighted by Gasteiger charge is 2.46. The molecular weight excluding hydrogens is 361 g/mol. The molecule has 1 saturated heterocycles. The van der Waals surface area contributed by atoms with Crippen LogP contribution < -0.4 is 10.6 Å². The lowest BCUT2D eigenvalue weighted by molar-refractivity contribution is -0.171. The van der Waals surface area contributed by atoms with Gasteiger partial charge in [0.25, 0.3) is 0 Å². The molecule has 0 aliphatic carbocycles. The lowest BCUT2D eigenvalue weighted by Crippen LogP contribution is -2.54. The Morgan fingerprint density at radius 1 is 1.04 bits per heavy atom. The molecule has 0 saturated carbocycles. The van der Waals surface area contributed by atoms with Crippen molar-refractivity contribution < 1.29 is 22.8 Å². The average molecular weight is 378 g/mol. The number of piperidine rings is 1. The molecule has 27 heavy (non-hydrogen) atoms. The van der Waals surface area contributed by atoms with E-state index < -0.39 is 36.0 Å². The third-order valence-electron chi connectivity index (χ3n) is 4.45. The van der Waals surface area contributed by atoms with Crippen LogP contribution in [0.5, 0.6) is 0 Å². The summed E-state index contributed by atoms with van der Waals surface area (Å²) in [6.07, 6.45) is 1.25. The first-order valence-corrected chi connectivity index (χ1v) is 8.33. The Kier molecular flexibility index (Phi) is 5.38. The minimum absolute atomic E-state index is 0.165. The molecule has 0 spiro atoms. The molecule has 142 valence electrons. The highest BCUT2D eigenvalue weighted by molar-refractivity contribution is 6.01. The molecule has 2 N–H and O–H groups in total. The van der Waals surface area contributed by atoms with Gasteiger partial charge < -0.3 is 10.6 Å². The van der Waals surface area contributed by atoms with Crippen LogP contribution in [-0.2, 0) is 9.59 Å². The second-order valence-corrected chi connectivity index (χ2v) is 6.24. The first-order valence-electron chi connectivity index (χ1n) is 8.33. The Morgan fingerprint density at radius 3 is 2.00 bits per heavy atom. The van der Waals surface area contributed by atoms with E-state index in [1.54, 1.807) is 49.1 Å². The zero-order valence-electron chi connectivity index (χ0n) is 14.1. The molecule has 2 atom stereocenters. The first kappa shape index (κ1) is 18.8. The summed E-state index contributed by atoms with van der Waals surface area (Å²) in [7, 11) is 0. The van der Waals surface area contributed by atoms with E-state index in [1.165, 1.54) is 0 Å². The van der Waals surface area contributed by atoms with Crippen molar-refractivity contribution in [2.75, 3.05) is 0 Å². The number of hydrogen-bond donors (Lipinski definition) is 2. The Bertz CT molecular complexity index is 760. The Morgan fingerprint density at radius 2 is 1.56 bits per heavy atom. The molecule has 0 aromatic carbocycles. The van der Waals surface area contributed by atoms with Crippen LogP contribution >= 0.6 is 0 Å². The summed E-state index contributed by atoms with van der Waals surface area (Å²) in [6, 6.07) is 4.37. The number of nitrogens with one attached hydrogen (secondary N) is 2. The Hall–Kier alpha value is -2.97. The molecule has 2 aromatic heterocycles. The molecule has 2 unspecified atom stereocenters. The van der Waals surface area contributed by atoms with Gasteiger partial charge in [0.05, 0.1) is 6.04 Å². The van der Waals surface area contributed by atoms with Gasteiger partial charge in [-0.25, -0.2) is 0 Å². The van der Waals surface area contributed by atoms with Crippen molar-refractivity contribution in [3.05, 3.63) is 60.2 Å². The molecule has 9 heteroatoms. The number of carbonyl (C=O) groups is 2. The highest BCUT2D eigenvalue weighted by Crippen LogP contribution is 2.29. The number of aromatic nitrogens is 2. The molecular formula is C18H17F3N4O2. The maximum atomic E-state index is 12.8. The smallest absolute Gasteiger partial charge is 0.344 e. The quantitative estimate of drug-likeness (QED) is 0.799. The third kappa shape index (κ3) is 4.42. The van der Waals surface area contributed by atoms with Crippen molar-refractivity contribution in [2.45, 2.75) is 31.1 Å². The van der Waals surface area contributed by atoms with Gasteiger partial charge in [0.2, 0.25) is 11.8 Å². The highest BCUT2D eigenvalue weighted by atomic mass is 19.4. The van der Waals surface area contributed by atoms with Crippen LogP contribution in [0.1, 0.15) is 30.0 Å². The van der Waals surface area contributed by atoms with E-state index in [2.05, 4.69) is 15.3 Å². The molecule has 1 aliphatic rings. The number of halogens is 3. The predicted molar refractivity (Wildman–Crippen MR) is 89.2 cm³/mol. The molecule has 0 bridgehead atoms. The van der Waals surface area contributed by atoms with Gasteiger partial charge in [0, 0.05) is 24.8 Å². The van der Waals surface area contributed by atoms with Crippen molar-refractivity contribution in [2.24, 2.45) is 5.92 Å². The standard InChI is InChI=1S/C18H17F3N4O2/c19-18(20,21)14-2-1-13(16(26)24-14)17(27)25-15(11-3-7-22-8-4-11)12-5-9-23-10-6-12/h3-10,13-15H,1-2H2,(H,24,26)(H,25,27). The largest absolute Gasteiger partial charge is 0.408 e.